The molecule has 0 saturated heterocycles. The highest BCUT2D eigenvalue weighted by molar-refractivity contribution is 6.42. The Morgan fingerprint density at radius 2 is 1.84 bits per heavy atom. The van der Waals surface area contributed by atoms with E-state index in [2.05, 4.69) is 5.32 Å². The number of rotatable bonds is 5. The van der Waals surface area contributed by atoms with Crippen LogP contribution in [0.2, 0.25) is 10.0 Å². The van der Waals surface area contributed by atoms with Crippen LogP contribution < -0.4 is 5.32 Å². The second-order valence-electron chi connectivity index (χ2n) is 5.64. The molecular formula is C19H16Cl2N2O2. The lowest BCUT2D eigenvalue weighted by molar-refractivity contribution is -0.116. The van der Waals surface area contributed by atoms with Crippen LogP contribution in [0.25, 0.3) is 10.9 Å². The average Bonchev–Trinajstić information content (AvgIpc) is 2.96. The molecule has 25 heavy (non-hydrogen) atoms. The Balaban J connectivity index is 1.86. The second-order valence-corrected chi connectivity index (χ2v) is 6.46. The predicted octanol–water partition coefficient (Wildman–Crippen LogP) is 5.18. The van der Waals surface area contributed by atoms with Gasteiger partial charge in [0.1, 0.15) is 6.54 Å². The Morgan fingerprint density at radius 3 is 2.56 bits per heavy atom. The lowest BCUT2D eigenvalue weighted by Crippen LogP contribution is -2.18. The van der Waals surface area contributed by atoms with E-state index in [-0.39, 0.29) is 18.2 Å². The van der Waals surface area contributed by atoms with Gasteiger partial charge >= 0.3 is 0 Å². The van der Waals surface area contributed by atoms with Gasteiger partial charge < -0.3 is 9.88 Å². The Bertz CT molecular complexity index is 963. The minimum Gasteiger partial charge on any atom is -0.337 e. The van der Waals surface area contributed by atoms with Crippen LogP contribution >= 0.6 is 23.2 Å². The Morgan fingerprint density at radius 1 is 1.08 bits per heavy atom. The Kier molecular flexibility index (Phi) is 5.11. The van der Waals surface area contributed by atoms with Crippen LogP contribution in [0, 0.1) is 0 Å². The number of ketones is 1. The van der Waals surface area contributed by atoms with Crippen LogP contribution in [0.5, 0.6) is 0 Å². The van der Waals surface area contributed by atoms with E-state index in [9.17, 15) is 9.59 Å². The van der Waals surface area contributed by atoms with Gasteiger partial charge in [-0.15, -0.1) is 0 Å². The maximum absolute atomic E-state index is 12.4. The Labute approximate surface area is 155 Å². The molecule has 128 valence electrons. The molecule has 0 unspecified atom stereocenters. The van der Waals surface area contributed by atoms with Crippen LogP contribution in [0.3, 0.4) is 0 Å². The zero-order valence-corrected chi connectivity index (χ0v) is 15.1. The number of nitrogens with one attached hydrogen (secondary N) is 1. The molecule has 0 bridgehead atoms. The zero-order valence-electron chi connectivity index (χ0n) is 13.6. The molecule has 4 nitrogen and oxygen atoms in total. The van der Waals surface area contributed by atoms with Crippen molar-refractivity contribution in [3.63, 3.8) is 0 Å². The van der Waals surface area contributed by atoms with E-state index in [0.717, 1.165) is 10.9 Å². The maximum Gasteiger partial charge on any atom is 0.244 e. The summed E-state index contributed by atoms with van der Waals surface area (Å²) in [6, 6.07) is 12.5. The van der Waals surface area contributed by atoms with Gasteiger partial charge in [-0.3, -0.25) is 9.59 Å². The lowest BCUT2D eigenvalue weighted by atomic mass is 10.1. The third-order valence-corrected chi connectivity index (χ3v) is 4.67. The molecule has 6 heteroatoms. The van der Waals surface area contributed by atoms with Crippen molar-refractivity contribution < 1.29 is 9.59 Å². The van der Waals surface area contributed by atoms with Crippen molar-refractivity contribution in [1.82, 2.24) is 4.57 Å². The highest BCUT2D eigenvalue weighted by atomic mass is 35.5. The average molecular weight is 375 g/mol. The molecule has 0 aliphatic carbocycles. The van der Waals surface area contributed by atoms with E-state index in [1.807, 2.05) is 31.2 Å². The van der Waals surface area contributed by atoms with Crippen molar-refractivity contribution in [1.29, 1.82) is 0 Å². The normalized spacial score (nSPS) is 10.8. The molecular weight excluding hydrogens is 359 g/mol. The van der Waals surface area contributed by atoms with Crippen LogP contribution in [0.15, 0.2) is 48.7 Å². The largest absolute Gasteiger partial charge is 0.337 e. The fourth-order valence-corrected chi connectivity index (χ4v) is 3.02. The van der Waals surface area contributed by atoms with E-state index in [0.29, 0.717) is 27.7 Å². The summed E-state index contributed by atoms with van der Waals surface area (Å²) < 4.78 is 1.78. The van der Waals surface area contributed by atoms with E-state index >= 15 is 0 Å². The SMILES string of the molecule is CCC(=O)c1cn(CC(=O)Nc2ccc(Cl)c(Cl)c2)c2ccccc12. The predicted molar refractivity (Wildman–Crippen MR) is 102 cm³/mol. The van der Waals surface area contributed by atoms with Gasteiger partial charge in [0.2, 0.25) is 5.91 Å². The molecule has 0 saturated carbocycles. The van der Waals surface area contributed by atoms with Gasteiger partial charge in [0.15, 0.2) is 5.78 Å². The molecule has 2 aromatic carbocycles. The summed E-state index contributed by atoms with van der Waals surface area (Å²) in [5.41, 5.74) is 2.06. The monoisotopic (exact) mass is 374 g/mol. The van der Waals surface area contributed by atoms with Gasteiger partial charge in [-0.05, 0) is 24.3 Å². The summed E-state index contributed by atoms with van der Waals surface area (Å²) in [7, 11) is 0. The summed E-state index contributed by atoms with van der Waals surface area (Å²) >= 11 is 11.8. The first-order chi connectivity index (χ1) is 12.0. The molecule has 0 atom stereocenters. The number of fused-ring (bicyclic) bond motifs is 1. The van der Waals surface area contributed by atoms with Crippen molar-refractivity contribution in [3.05, 3.63) is 64.3 Å². The topological polar surface area (TPSA) is 51.1 Å². The summed E-state index contributed by atoms with van der Waals surface area (Å²) in [4.78, 5) is 24.5. The number of nitrogens with zero attached hydrogens (tertiary/aromatic N) is 1. The minimum absolute atomic E-state index is 0.0554. The lowest BCUT2D eigenvalue weighted by Gasteiger charge is -2.08. The summed E-state index contributed by atoms with van der Waals surface area (Å²) in [5.74, 6) is -0.158. The smallest absolute Gasteiger partial charge is 0.244 e. The maximum atomic E-state index is 12.4. The van der Waals surface area contributed by atoms with Crippen molar-refractivity contribution in [3.8, 4) is 0 Å². The van der Waals surface area contributed by atoms with E-state index in [1.165, 1.54) is 0 Å². The second kappa shape index (κ2) is 7.30. The molecule has 0 fully saturated rings. The number of halogens is 2. The van der Waals surface area contributed by atoms with Crippen molar-refractivity contribution >= 4 is 51.5 Å². The molecule has 1 aromatic heterocycles. The quantitative estimate of drug-likeness (QED) is 0.625. The number of para-hydroxylation sites is 1. The molecule has 3 aromatic rings. The molecule has 0 spiro atoms. The minimum atomic E-state index is -0.213. The highest BCUT2D eigenvalue weighted by Gasteiger charge is 2.15. The van der Waals surface area contributed by atoms with Gasteiger partial charge in [-0.25, -0.2) is 0 Å². The summed E-state index contributed by atoms with van der Waals surface area (Å²) in [6.45, 7) is 1.92. The van der Waals surface area contributed by atoms with Crippen molar-refractivity contribution in [2.75, 3.05) is 5.32 Å². The summed E-state index contributed by atoms with van der Waals surface area (Å²) in [6.07, 6.45) is 2.16. The third kappa shape index (κ3) is 3.70. The number of anilines is 1. The number of aromatic nitrogens is 1. The third-order valence-electron chi connectivity index (χ3n) is 3.93. The molecule has 1 heterocycles. The van der Waals surface area contributed by atoms with Gasteiger partial charge in [-0.2, -0.15) is 0 Å². The molecule has 0 aliphatic heterocycles. The molecule has 1 amide bonds. The standard InChI is InChI=1S/C19H16Cl2N2O2/c1-2-18(24)14-10-23(17-6-4-3-5-13(14)17)11-19(25)22-12-7-8-15(20)16(21)9-12/h3-10H,2,11H2,1H3,(H,22,25). The molecule has 0 aliphatic rings. The number of hydrogen-bond acceptors (Lipinski definition) is 2. The first-order valence-corrected chi connectivity index (χ1v) is 8.61. The van der Waals surface area contributed by atoms with E-state index in [4.69, 9.17) is 23.2 Å². The number of carbonyl (C=O) groups excluding carboxylic acids is 2. The van der Waals surface area contributed by atoms with Crippen LogP contribution in [-0.4, -0.2) is 16.3 Å². The highest BCUT2D eigenvalue weighted by Crippen LogP contribution is 2.26. The van der Waals surface area contributed by atoms with Crippen molar-refractivity contribution in [2.45, 2.75) is 19.9 Å². The van der Waals surface area contributed by atoms with Crippen LogP contribution in [0.4, 0.5) is 5.69 Å². The molecule has 0 radical (unpaired) electrons. The first-order valence-electron chi connectivity index (χ1n) is 7.85. The zero-order chi connectivity index (χ0) is 18.0. The molecule has 1 N–H and O–H groups in total. The van der Waals surface area contributed by atoms with Crippen molar-refractivity contribution in [2.24, 2.45) is 0 Å². The number of carbonyl (C=O) groups is 2. The van der Waals surface area contributed by atoms with Gasteiger partial charge in [0, 0.05) is 34.8 Å². The van der Waals surface area contributed by atoms with Gasteiger partial charge in [-0.1, -0.05) is 48.3 Å². The Hall–Kier alpha value is -2.30. The fourth-order valence-electron chi connectivity index (χ4n) is 2.72. The fraction of sp³-hybridized carbons (Fsp3) is 0.158. The number of hydrogen-bond donors (Lipinski definition) is 1. The van der Waals surface area contributed by atoms with Gasteiger partial charge in [0.25, 0.3) is 0 Å². The van der Waals surface area contributed by atoms with Crippen LogP contribution in [0.1, 0.15) is 23.7 Å². The summed E-state index contributed by atoms with van der Waals surface area (Å²) in [5, 5.41) is 4.45. The van der Waals surface area contributed by atoms with E-state index < -0.39 is 0 Å². The number of benzene rings is 2. The number of amides is 1. The first kappa shape index (κ1) is 17.5. The van der Waals surface area contributed by atoms with E-state index in [1.54, 1.807) is 29.0 Å². The van der Waals surface area contributed by atoms with Gasteiger partial charge in [0.05, 0.1) is 10.0 Å². The number of Topliss-reactive ketones (excluding diaryl/α,β-unsaturated/α-hetero) is 1. The van der Waals surface area contributed by atoms with Crippen LogP contribution in [-0.2, 0) is 11.3 Å². The molecule has 3 rings (SSSR count).